The van der Waals surface area contributed by atoms with E-state index in [0.717, 1.165) is 38.5 Å². The summed E-state index contributed by atoms with van der Waals surface area (Å²) in [6.07, 6.45) is 16.2. The first-order chi connectivity index (χ1) is 28.5. The van der Waals surface area contributed by atoms with Crippen LogP contribution in [0.15, 0.2) is 0 Å². The highest BCUT2D eigenvalue weighted by molar-refractivity contribution is 5.91. The summed E-state index contributed by atoms with van der Waals surface area (Å²) in [5, 5.41) is 39.3. The zero-order valence-electron chi connectivity index (χ0n) is 34.8. The fraction of sp³-hybridized carbons (Fsp3) is 0.800. The van der Waals surface area contributed by atoms with E-state index in [1.54, 1.807) is 0 Å². The highest BCUT2D eigenvalue weighted by Crippen LogP contribution is 2.14. The third-order valence-electron chi connectivity index (χ3n) is 9.01. The van der Waals surface area contributed by atoms with Gasteiger partial charge < -0.3 is 56.1 Å². The van der Waals surface area contributed by atoms with Crippen LogP contribution >= 0.6 is 0 Å². The molecule has 0 saturated heterocycles. The van der Waals surface area contributed by atoms with Crippen LogP contribution in [0.25, 0.3) is 0 Å². The molecule has 0 aliphatic carbocycles. The minimum absolute atomic E-state index is 0.00698. The normalized spacial score (nSPS) is 11.9. The molecule has 0 aliphatic heterocycles. The SMILES string of the molecule is O=CNCC(=O)N[C@@H](CC(=O)O)C(=O)NCCCOCCOCCOCCCNC(=O)CC[C@H](NC(=O)CCCCCCCCCCCCCCCCC(=O)O)C(=O)O. The molecule has 59 heavy (non-hydrogen) atoms. The summed E-state index contributed by atoms with van der Waals surface area (Å²) in [6, 6.07) is -2.41. The van der Waals surface area contributed by atoms with Crippen molar-refractivity contribution in [3.05, 3.63) is 0 Å². The van der Waals surface area contributed by atoms with Crippen molar-refractivity contribution in [2.24, 2.45) is 0 Å². The zero-order valence-corrected chi connectivity index (χ0v) is 34.8. The molecule has 0 aromatic heterocycles. The van der Waals surface area contributed by atoms with E-state index in [4.69, 9.17) is 24.4 Å². The first kappa shape index (κ1) is 54.6. The Morgan fingerprint density at radius 2 is 0.932 bits per heavy atom. The second-order valence-electron chi connectivity index (χ2n) is 14.2. The Labute approximate surface area is 348 Å². The summed E-state index contributed by atoms with van der Waals surface area (Å²) in [7, 11) is 0. The largest absolute Gasteiger partial charge is 0.481 e. The lowest BCUT2D eigenvalue weighted by atomic mass is 10.0. The monoisotopic (exact) mass is 845 g/mol. The van der Waals surface area contributed by atoms with Gasteiger partial charge in [-0.25, -0.2) is 4.79 Å². The van der Waals surface area contributed by atoms with Crippen molar-refractivity contribution in [1.29, 1.82) is 0 Å². The Balaban J connectivity index is 3.74. The maximum atomic E-state index is 12.3. The lowest BCUT2D eigenvalue weighted by Crippen LogP contribution is -2.50. The third-order valence-corrected chi connectivity index (χ3v) is 9.01. The van der Waals surface area contributed by atoms with E-state index in [1.807, 2.05) is 0 Å². The molecule has 0 rings (SSSR count). The number of carboxylic acid groups (broad SMARTS) is 3. The molecule has 0 aromatic rings. The molecule has 0 bridgehead atoms. The van der Waals surface area contributed by atoms with Gasteiger partial charge in [0, 0.05) is 45.6 Å². The second-order valence-corrected chi connectivity index (χ2v) is 14.2. The van der Waals surface area contributed by atoms with Gasteiger partial charge >= 0.3 is 17.9 Å². The Morgan fingerprint density at radius 3 is 1.41 bits per heavy atom. The van der Waals surface area contributed by atoms with E-state index < -0.39 is 48.2 Å². The molecule has 19 heteroatoms. The number of aliphatic carboxylic acids is 3. The van der Waals surface area contributed by atoms with E-state index in [2.05, 4.69) is 26.6 Å². The molecule has 0 unspecified atom stereocenters. The molecule has 0 heterocycles. The summed E-state index contributed by atoms with van der Waals surface area (Å²) in [4.78, 5) is 91.9. The highest BCUT2D eigenvalue weighted by Gasteiger charge is 2.23. The van der Waals surface area contributed by atoms with Gasteiger partial charge in [-0.15, -0.1) is 0 Å². The smallest absolute Gasteiger partial charge is 0.326 e. The summed E-state index contributed by atoms with van der Waals surface area (Å²) < 4.78 is 16.3. The van der Waals surface area contributed by atoms with E-state index in [0.29, 0.717) is 71.9 Å². The van der Waals surface area contributed by atoms with Crippen LogP contribution in [0.4, 0.5) is 0 Å². The number of carboxylic acids is 3. The zero-order chi connectivity index (χ0) is 43.8. The molecule has 2 atom stereocenters. The van der Waals surface area contributed by atoms with Gasteiger partial charge in [0.15, 0.2) is 0 Å². The van der Waals surface area contributed by atoms with Crippen molar-refractivity contribution in [3.8, 4) is 0 Å². The van der Waals surface area contributed by atoms with Gasteiger partial charge in [-0.05, 0) is 32.1 Å². The van der Waals surface area contributed by atoms with Gasteiger partial charge in [-0.1, -0.05) is 77.0 Å². The average molecular weight is 846 g/mol. The van der Waals surface area contributed by atoms with Gasteiger partial charge in [0.1, 0.15) is 12.1 Å². The number of rotatable bonds is 43. The molecule has 0 saturated carbocycles. The van der Waals surface area contributed by atoms with Gasteiger partial charge in [-0.2, -0.15) is 0 Å². The topological polar surface area (TPSA) is 285 Å². The molecule has 19 nitrogen and oxygen atoms in total. The van der Waals surface area contributed by atoms with Crippen LogP contribution in [-0.4, -0.2) is 135 Å². The van der Waals surface area contributed by atoms with Crippen LogP contribution in [0.3, 0.4) is 0 Å². The molecule has 5 amide bonds. The van der Waals surface area contributed by atoms with E-state index in [9.17, 15) is 43.5 Å². The van der Waals surface area contributed by atoms with Gasteiger partial charge in [-0.3, -0.25) is 33.6 Å². The summed E-state index contributed by atoms with van der Waals surface area (Å²) in [5.74, 6) is -5.15. The third kappa shape index (κ3) is 37.6. The number of nitrogens with one attached hydrogen (secondary N) is 5. The fourth-order valence-corrected chi connectivity index (χ4v) is 5.79. The maximum absolute atomic E-state index is 12.3. The highest BCUT2D eigenvalue weighted by atomic mass is 16.5. The maximum Gasteiger partial charge on any atom is 0.326 e. The molecule has 0 aliphatic rings. The van der Waals surface area contributed by atoms with Gasteiger partial charge in [0.2, 0.25) is 30.0 Å². The Morgan fingerprint density at radius 1 is 0.475 bits per heavy atom. The number of hydrogen-bond donors (Lipinski definition) is 8. The average Bonchev–Trinajstić information content (AvgIpc) is 3.19. The van der Waals surface area contributed by atoms with Crippen molar-refractivity contribution < 1.29 is 67.9 Å². The minimum Gasteiger partial charge on any atom is -0.481 e. The molecule has 0 spiro atoms. The van der Waals surface area contributed by atoms with Crippen LogP contribution < -0.4 is 26.6 Å². The fourth-order valence-electron chi connectivity index (χ4n) is 5.79. The van der Waals surface area contributed by atoms with Crippen molar-refractivity contribution in [2.75, 3.05) is 59.3 Å². The molecule has 0 fully saturated rings. The van der Waals surface area contributed by atoms with Crippen LogP contribution in [0.1, 0.15) is 135 Å². The first-order valence-corrected chi connectivity index (χ1v) is 21.2. The van der Waals surface area contributed by atoms with Crippen LogP contribution in [0, 0.1) is 0 Å². The Bertz CT molecular complexity index is 1190. The van der Waals surface area contributed by atoms with E-state index in [-0.39, 0.29) is 50.6 Å². The quantitative estimate of drug-likeness (QED) is 0.0323. The molecular formula is C40H71N5O14. The minimum atomic E-state index is -1.28. The van der Waals surface area contributed by atoms with Gasteiger partial charge in [0.05, 0.1) is 39.4 Å². The van der Waals surface area contributed by atoms with Crippen LogP contribution in [-0.2, 0) is 52.6 Å². The van der Waals surface area contributed by atoms with E-state index >= 15 is 0 Å². The summed E-state index contributed by atoms with van der Waals surface area (Å²) >= 11 is 0. The molecule has 340 valence electrons. The number of ether oxygens (including phenoxy) is 3. The first-order valence-electron chi connectivity index (χ1n) is 21.2. The lowest BCUT2D eigenvalue weighted by Gasteiger charge is -2.16. The van der Waals surface area contributed by atoms with E-state index in [1.165, 1.54) is 44.9 Å². The molecule has 8 N–H and O–H groups in total. The van der Waals surface area contributed by atoms with Crippen LogP contribution in [0.5, 0.6) is 0 Å². The number of amides is 5. The standard InChI is InChI=1S/C40H71N5O14/c46-31-41-30-36(49)45-33(29-38(52)53)39(54)43-22-16-24-58-26-28-59-27-25-57-23-15-21-42-34(47)20-19-32(40(55)56)44-35(48)17-13-11-9-7-5-3-1-2-4-6-8-10-12-14-18-37(50)51/h31-33H,1-30H2,(H,41,46)(H,42,47)(H,43,54)(H,44,48)(H,45,49)(H,50,51)(H,52,53)(H,55,56)/t32-,33-/m0/s1. The van der Waals surface area contributed by atoms with Crippen LogP contribution in [0.2, 0.25) is 0 Å². The summed E-state index contributed by atoms with van der Waals surface area (Å²) in [6.45, 7) is 2.14. The van der Waals surface area contributed by atoms with Gasteiger partial charge in [0.25, 0.3) is 0 Å². The number of carbonyl (C=O) groups excluding carboxylic acids is 5. The van der Waals surface area contributed by atoms with Crippen molar-refractivity contribution in [3.63, 3.8) is 0 Å². The lowest BCUT2D eigenvalue weighted by molar-refractivity contribution is -0.142. The van der Waals surface area contributed by atoms with Crippen molar-refractivity contribution in [2.45, 2.75) is 147 Å². The second kappa shape index (κ2) is 39.1. The molecule has 0 radical (unpaired) electrons. The summed E-state index contributed by atoms with van der Waals surface area (Å²) in [5.41, 5.74) is 0. The Kier molecular flexibility index (Phi) is 36.2. The Hall–Kier alpha value is -4.36. The predicted octanol–water partition coefficient (Wildman–Crippen LogP) is 2.43. The number of unbranched alkanes of at least 4 members (excludes halogenated alkanes) is 13. The molecule has 0 aromatic carbocycles. The van der Waals surface area contributed by atoms with Crippen molar-refractivity contribution >= 4 is 47.9 Å². The number of carbonyl (C=O) groups is 8. The van der Waals surface area contributed by atoms with Crippen molar-refractivity contribution in [1.82, 2.24) is 26.6 Å². The molecular weight excluding hydrogens is 774 g/mol. The predicted molar refractivity (Wildman–Crippen MR) is 216 cm³/mol. The number of hydrogen-bond acceptors (Lipinski definition) is 11.